The van der Waals surface area contributed by atoms with E-state index in [9.17, 15) is 9.59 Å². The van der Waals surface area contributed by atoms with Gasteiger partial charge in [0, 0.05) is 12.6 Å². The van der Waals surface area contributed by atoms with Crippen LogP contribution in [0.2, 0.25) is 0 Å². The maximum Gasteiger partial charge on any atom is 0.261 e. The summed E-state index contributed by atoms with van der Waals surface area (Å²) in [6.07, 6.45) is 3.66. The second kappa shape index (κ2) is 7.38. The van der Waals surface area contributed by atoms with Crippen LogP contribution >= 0.6 is 12.4 Å². The van der Waals surface area contributed by atoms with Crippen molar-refractivity contribution < 1.29 is 4.79 Å². The third-order valence-electron chi connectivity index (χ3n) is 3.75. The minimum Gasteiger partial charge on any atom is -0.353 e. The van der Waals surface area contributed by atoms with E-state index in [1.165, 1.54) is 10.9 Å². The summed E-state index contributed by atoms with van der Waals surface area (Å²) in [4.78, 5) is 28.4. The van der Waals surface area contributed by atoms with E-state index in [1.807, 2.05) is 6.07 Å². The molecule has 0 radical (unpaired) electrons. The first-order valence-corrected chi connectivity index (χ1v) is 7.18. The summed E-state index contributed by atoms with van der Waals surface area (Å²) < 4.78 is 1.35. The van der Waals surface area contributed by atoms with Crippen LogP contribution in [0, 0.1) is 0 Å². The van der Waals surface area contributed by atoms with Gasteiger partial charge in [0.2, 0.25) is 5.91 Å². The van der Waals surface area contributed by atoms with E-state index < -0.39 is 0 Å². The first kappa shape index (κ1) is 16.5. The molecule has 1 aromatic carbocycles. The third-order valence-corrected chi connectivity index (χ3v) is 3.75. The highest BCUT2D eigenvalue weighted by Crippen LogP contribution is 2.05. The summed E-state index contributed by atoms with van der Waals surface area (Å²) >= 11 is 0. The van der Waals surface area contributed by atoms with Gasteiger partial charge in [0.15, 0.2) is 0 Å². The summed E-state index contributed by atoms with van der Waals surface area (Å²) in [7, 11) is 0. The first-order valence-electron chi connectivity index (χ1n) is 7.18. The Morgan fingerprint density at radius 2 is 2.23 bits per heavy atom. The lowest BCUT2D eigenvalue weighted by atomic mass is 10.2. The lowest BCUT2D eigenvalue weighted by Crippen LogP contribution is -2.39. The van der Waals surface area contributed by atoms with Gasteiger partial charge in [0.25, 0.3) is 5.56 Å². The van der Waals surface area contributed by atoms with Gasteiger partial charge < -0.3 is 10.6 Å². The van der Waals surface area contributed by atoms with E-state index in [0.717, 1.165) is 19.4 Å². The van der Waals surface area contributed by atoms with Crippen LogP contribution in [0.5, 0.6) is 0 Å². The van der Waals surface area contributed by atoms with E-state index >= 15 is 0 Å². The Kier molecular flexibility index (Phi) is 5.51. The molecular formula is C15H19ClN4O2. The average Bonchev–Trinajstić information content (AvgIpc) is 3.02. The van der Waals surface area contributed by atoms with Crippen molar-refractivity contribution in [1.29, 1.82) is 0 Å². The van der Waals surface area contributed by atoms with Crippen LogP contribution in [0.3, 0.4) is 0 Å². The lowest BCUT2D eigenvalue weighted by molar-refractivity contribution is -0.121. The molecule has 1 amide bonds. The third kappa shape index (κ3) is 3.64. The summed E-state index contributed by atoms with van der Waals surface area (Å²) in [5, 5.41) is 6.71. The molecule has 1 fully saturated rings. The summed E-state index contributed by atoms with van der Waals surface area (Å²) in [6.45, 7) is 1.62. The zero-order valence-electron chi connectivity index (χ0n) is 12.1. The minimum atomic E-state index is -0.185. The molecule has 1 aliphatic heterocycles. The number of para-hydroxylation sites is 1. The molecule has 2 aromatic rings. The van der Waals surface area contributed by atoms with Crippen molar-refractivity contribution in [3.8, 4) is 0 Å². The zero-order valence-corrected chi connectivity index (χ0v) is 12.9. The fraction of sp³-hybridized carbons (Fsp3) is 0.400. The number of benzene rings is 1. The molecule has 0 aliphatic carbocycles. The summed E-state index contributed by atoms with van der Waals surface area (Å²) in [5.74, 6) is -0.164. The number of hydrogen-bond acceptors (Lipinski definition) is 4. The number of amides is 1. The van der Waals surface area contributed by atoms with Crippen LogP contribution in [-0.4, -0.2) is 34.6 Å². The molecular weight excluding hydrogens is 304 g/mol. The Bertz CT molecular complexity index is 710. The van der Waals surface area contributed by atoms with E-state index in [-0.39, 0.29) is 30.4 Å². The number of nitrogens with one attached hydrogen (secondary N) is 2. The van der Waals surface area contributed by atoms with E-state index in [2.05, 4.69) is 15.6 Å². The minimum absolute atomic E-state index is 0. The van der Waals surface area contributed by atoms with Gasteiger partial charge in [0.05, 0.1) is 17.2 Å². The lowest BCUT2D eigenvalue weighted by Gasteiger charge is -2.12. The molecule has 0 bridgehead atoms. The van der Waals surface area contributed by atoms with Crippen LogP contribution in [0.4, 0.5) is 0 Å². The predicted molar refractivity (Wildman–Crippen MR) is 87.3 cm³/mol. The molecule has 7 heteroatoms. The van der Waals surface area contributed by atoms with Crippen molar-refractivity contribution in [3.63, 3.8) is 0 Å². The molecule has 2 heterocycles. The van der Waals surface area contributed by atoms with Gasteiger partial charge in [0.1, 0.15) is 6.54 Å². The number of rotatable bonds is 4. The van der Waals surface area contributed by atoms with E-state index in [1.54, 1.807) is 18.2 Å². The Morgan fingerprint density at radius 3 is 3.00 bits per heavy atom. The van der Waals surface area contributed by atoms with Gasteiger partial charge in [-0.15, -0.1) is 12.4 Å². The van der Waals surface area contributed by atoms with Crippen molar-refractivity contribution in [3.05, 3.63) is 40.9 Å². The van der Waals surface area contributed by atoms with Gasteiger partial charge in [-0.25, -0.2) is 4.98 Å². The highest BCUT2D eigenvalue weighted by molar-refractivity contribution is 5.85. The Hall–Kier alpha value is -1.92. The van der Waals surface area contributed by atoms with Crippen molar-refractivity contribution >= 4 is 29.2 Å². The second-order valence-electron chi connectivity index (χ2n) is 5.29. The fourth-order valence-corrected chi connectivity index (χ4v) is 2.60. The average molecular weight is 323 g/mol. The van der Waals surface area contributed by atoms with Crippen LogP contribution in [-0.2, 0) is 11.3 Å². The number of fused-ring (bicyclic) bond motifs is 1. The molecule has 22 heavy (non-hydrogen) atoms. The maximum atomic E-state index is 12.3. The summed E-state index contributed by atoms with van der Waals surface area (Å²) in [6, 6.07) is 7.48. The molecule has 0 spiro atoms. The Labute approximate surface area is 134 Å². The molecule has 3 rings (SSSR count). The topological polar surface area (TPSA) is 76.0 Å². The number of aromatic nitrogens is 2. The largest absolute Gasteiger partial charge is 0.353 e. The van der Waals surface area contributed by atoms with Crippen molar-refractivity contribution in [2.45, 2.75) is 25.4 Å². The Balaban J connectivity index is 0.00000176. The molecule has 1 aromatic heterocycles. The summed E-state index contributed by atoms with van der Waals surface area (Å²) in [5.41, 5.74) is 0.462. The van der Waals surface area contributed by atoms with E-state index in [0.29, 0.717) is 23.5 Å². The van der Waals surface area contributed by atoms with Crippen molar-refractivity contribution in [2.24, 2.45) is 0 Å². The van der Waals surface area contributed by atoms with Gasteiger partial charge in [-0.3, -0.25) is 14.2 Å². The van der Waals surface area contributed by atoms with Crippen LogP contribution in [0.1, 0.15) is 12.8 Å². The number of nitrogens with zero attached hydrogens (tertiary/aromatic N) is 2. The van der Waals surface area contributed by atoms with Crippen LogP contribution in [0.15, 0.2) is 35.4 Å². The van der Waals surface area contributed by atoms with Crippen LogP contribution < -0.4 is 16.2 Å². The smallest absolute Gasteiger partial charge is 0.261 e. The van der Waals surface area contributed by atoms with Gasteiger partial charge in [-0.2, -0.15) is 0 Å². The van der Waals surface area contributed by atoms with Crippen molar-refractivity contribution in [2.75, 3.05) is 13.1 Å². The molecule has 1 aliphatic rings. The number of carbonyl (C=O) groups is 1. The maximum absolute atomic E-state index is 12.3. The number of hydrogen-bond donors (Lipinski definition) is 2. The predicted octanol–water partition coefficient (Wildman–Crippen LogP) is 0.686. The second-order valence-corrected chi connectivity index (χ2v) is 5.29. The highest BCUT2D eigenvalue weighted by atomic mass is 35.5. The molecule has 1 saturated heterocycles. The quantitative estimate of drug-likeness (QED) is 0.868. The monoisotopic (exact) mass is 322 g/mol. The van der Waals surface area contributed by atoms with Gasteiger partial charge in [-0.05, 0) is 31.5 Å². The molecule has 2 N–H and O–H groups in total. The normalized spacial score (nSPS) is 17.2. The van der Waals surface area contributed by atoms with Gasteiger partial charge in [-0.1, -0.05) is 12.1 Å². The number of carbonyl (C=O) groups excluding carboxylic acids is 1. The molecule has 1 unspecified atom stereocenters. The standard InChI is InChI=1S/C15H18N4O2.ClH/c20-14(17-8-11-4-3-7-16-11)9-19-10-18-13-6-2-1-5-12(13)15(19)21;/h1-2,5-6,10-11,16H,3-4,7-9H2,(H,17,20);1H. The molecule has 118 valence electrons. The van der Waals surface area contributed by atoms with Crippen LogP contribution in [0.25, 0.3) is 10.9 Å². The zero-order chi connectivity index (χ0) is 14.7. The van der Waals surface area contributed by atoms with Crippen molar-refractivity contribution in [1.82, 2.24) is 20.2 Å². The van der Waals surface area contributed by atoms with E-state index in [4.69, 9.17) is 0 Å². The molecule has 0 saturated carbocycles. The molecule has 6 nitrogen and oxygen atoms in total. The molecule has 1 atom stereocenters. The fourth-order valence-electron chi connectivity index (χ4n) is 2.60. The number of halogens is 1. The van der Waals surface area contributed by atoms with Gasteiger partial charge >= 0.3 is 0 Å². The SMILES string of the molecule is Cl.O=C(Cn1cnc2ccccc2c1=O)NCC1CCCN1. The first-order chi connectivity index (χ1) is 10.2. The highest BCUT2D eigenvalue weighted by Gasteiger charge is 2.15. The Morgan fingerprint density at radius 1 is 1.41 bits per heavy atom.